The summed E-state index contributed by atoms with van der Waals surface area (Å²) in [5.74, 6) is 0.713. The Morgan fingerprint density at radius 2 is 1.60 bits per heavy atom. The van der Waals surface area contributed by atoms with E-state index in [9.17, 15) is 0 Å². The first-order chi connectivity index (χ1) is 7.20. The smallest absolute Gasteiger partial charge is 0.0256 e. The molecule has 0 spiro atoms. The predicted molar refractivity (Wildman–Crippen MR) is 75.2 cm³/mol. The first kappa shape index (κ1) is 19.7. The lowest BCUT2D eigenvalue weighted by Gasteiger charge is -2.03. The van der Waals surface area contributed by atoms with Gasteiger partial charge in [0.1, 0.15) is 0 Å². The van der Waals surface area contributed by atoms with Crippen molar-refractivity contribution < 1.29 is 0 Å². The molecule has 0 aliphatic carbocycles. The van der Waals surface area contributed by atoms with Gasteiger partial charge in [0.2, 0.25) is 0 Å². The van der Waals surface area contributed by atoms with Crippen LogP contribution >= 0.6 is 0 Å². The molecule has 0 aromatic rings. The van der Waals surface area contributed by atoms with E-state index in [-0.39, 0.29) is 0 Å². The first-order valence-electron chi connectivity index (χ1n) is 6.15. The molecule has 0 unspecified atom stereocenters. The normalized spacial score (nSPS) is 10.3. The van der Waals surface area contributed by atoms with Gasteiger partial charge in [-0.2, -0.15) is 0 Å². The van der Waals surface area contributed by atoms with Crippen LogP contribution in [0.25, 0.3) is 0 Å². The molecule has 0 aliphatic heterocycles. The van der Waals surface area contributed by atoms with Gasteiger partial charge in [-0.05, 0) is 24.8 Å². The molecule has 0 heteroatoms. The van der Waals surface area contributed by atoms with Crippen LogP contribution < -0.4 is 0 Å². The fourth-order valence-electron chi connectivity index (χ4n) is 0.911. The summed E-state index contributed by atoms with van der Waals surface area (Å²) in [6.45, 7) is 18.2. The molecule has 0 amide bonds. The molecule has 0 atom stereocenters. The van der Waals surface area contributed by atoms with Crippen LogP contribution in [0.15, 0.2) is 36.5 Å². The van der Waals surface area contributed by atoms with E-state index in [0.29, 0.717) is 5.92 Å². The summed E-state index contributed by atoms with van der Waals surface area (Å²) in [7, 11) is 0. The Morgan fingerprint density at radius 1 is 1.13 bits per heavy atom. The molecule has 0 radical (unpaired) electrons. The van der Waals surface area contributed by atoms with Crippen molar-refractivity contribution >= 4 is 0 Å². The standard InChI is InChI=1S/C11H18.2C2H6/c1-5-7-8-11(6-2)9-10(3)4;2*1-2/h5-8,10H,2,9H2,1,3-4H3;2*1-2H3/b7-5-,11-8+;;. The lowest BCUT2D eigenvalue weighted by molar-refractivity contribution is 0.650. The molecule has 15 heavy (non-hydrogen) atoms. The fourth-order valence-corrected chi connectivity index (χ4v) is 0.911. The van der Waals surface area contributed by atoms with Crippen LogP contribution in [0.1, 0.15) is 54.9 Å². The average Bonchev–Trinajstić information content (AvgIpc) is 2.29. The maximum Gasteiger partial charge on any atom is -0.0256 e. The van der Waals surface area contributed by atoms with E-state index in [1.807, 2.05) is 46.8 Å². The van der Waals surface area contributed by atoms with Crippen molar-refractivity contribution in [3.05, 3.63) is 36.5 Å². The van der Waals surface area contributed by atoms with Gasteiger partial charge in [-0.3, -0.25) is 0 Å². The summed E-state index contributed by atoms with van der Waals surface area (Å²) in [6, 6.07) is 0. The van der Waals surface area contributed by atoms with Gasteiger partial charge in [0.25, 0.3) is 0 Å². The van der Waals surface area contributed by atoms with E-state index < -0.39 is 0 Å². The average molecular weight is 210 g/mol. The van der Waals surface area contributed by atoms with Gasteiger partial charge in [-0.25, -0.2) is 0 Å². The largest absolute Gasteiger partial charge is 0.0988 e. The molecular formula is C15H30. The molecule has 0 nitrogen and oxygen atoms in total. The zero-order valence-electron chi connectivity index (χ0n) is 11.8. The highest BCUT2D eigenvalue weighted by atomic mass is 14.0. The highest BCUT2D eigenvalue weighted by Gasteiger charge is 1.94. The Morgan fingerprint density at radius 3 is 1.87 bits per heavy atom. The molecule has 0 fully saturated rings. The molecule has 0 heterocycles. The summed E-state index contributed by atoms with van der Waals surface area (Å²) in [4.78, 5) is 0. The monoisotopic (exact) mass is 210 g/mol. The minimum absolute atomic E-state index is 0.713. The van der Waals surface area contributed by atoms with Gasteiger partial charge in [0.15, 0.2) is 0 Å². The highest BCUT2D eigenvalue weighted by Crippen LogP contribution is 2.11. The number of allylic oxidation sites excluding steroid dienone is 5. The van der Waals surface area contributed by atoms with Crippen molar-refractivity contribution in [3.8, 4) is 0 Å². The SMILES string of the molecule is C=C/C(=C\C=C/C)CC(C)C.CC.CC. The topological polar surface area (TPSA) is 0 Å². The molecule has 0 aromatic carbocycles. The second kappa shape index (κ2) is 18.9. The van der Waals surface area contributed by atoms with Crippen molar-refractivity contribution in [2.75, 3.05) is 0 Å². The minimum atomic E-state index is 0.713. The lowest BCUT2D eigenvalue weighted by atomic mass is 10.0. The number of rotatable bonds is 4. The Labute approximate surface area is 97.8 Å². The Balaban J connectivity index is -0.000000318. The molecule has 0 N–H and O–H groups in total. The maximum atomic E-state index is 3.76. The second-order valence-electron chi connectivity index (χ2n) is 3.07. The van der Waals surface area contributed by atoms with Crippen molar-refractivity contribution in [1.29, 1.82) is 0 Å². The van der Waals surface area contributed by atoms with E-state index in [0.717, 1.165) is 6.42 Å². The highest BCUT2D eigenvalue weighted by molar-refractivity contribution is 5.21. The third-order valence-corrected chi connectivity index (χ3v) is 1.41. The van der Waals surface area contributed by atoms with E-state index in [2.05, 4.69) is 32.6 Å². The van der Waals surface area contributed by atoms with Crippen LogP contribution in [0.4, 0.5) is 0 Å². The molecule has 0 bridgehead atoms. The van der Waals surface area contributed by atoms with Crippen LogP contribution in [0.5, 0.6) is 0 Å². The van der Waals surface area contributed by atoms with Crippen molar-refractivity contribution in [1.82, 2.24) is 0 Å². The first-order valence-corrected chi connectivity index (χ1v) is 6.15. The van der Waals surface area contributed by atoms with E-state index >= 15 is 0 Å². The third kappa shape index (κ3) is 19.6. The Hall–Kier alpha value is -0.780. The van der Waals surface area contributed by atoms with Crippen molar-refractivity contribution in [3.63, 3.8) is 0 Å². The molecular weight excluding hydrogens is 180 g/mol. The zero-order chi connectivity index (χ0) is 12.7. The van der Waals surface area contributed by atoms with Gasteiger partial charge in [-0.1, -0.05) is 72.4 Å². The van der Waals surface area contributed by atoms with Gasteiger partial charge in [0, 0.05) is 0 Å². The van der Waals surface area contributed by atoms with Gasteiger partial charge in [0.05, 0.1) is 0 Å². The predicted octanol–water partition coefficient (Wildman–Crippen LogP) is 5.77. The zero-order valence-corrected chi connectivity index (χ0v) is 11.8. The third-order valence-electron chi connectivity index (χ3n) is 1.41. The van der Waals surface area contributed by atoms with Crippen LogP contribution in [0.2, 0.25) is 0 Å². The van der Waals surface area contributed by atoms with E-state index in [1.54, 1.807) is 0 Å². The maximum absolute atomic E-state index is 3.76. The molecule has 90 valence electrons. The molecule has 0 aromatic heterocycles. The Bertz CT molecular complexity index is 159. The minimum Gasteiger partial charge on any atom is -0.0988 e. The summed E-state index contributed by atoms with van der Waals surface area (Å²) < 4.78 is 0. The fraction of sp³-hybridized carbons (Fsp3) is 0.600. The van der Waals surface area contributed by atoms with Gasteiger partial charge >= 0.3 is 0 Å². The van der Waals surface area contributed by atoms with Crippen molar-refractivity contribution in [2.45, 2.75) is 54.9 Å². The molecule has 0 saturated carbocycles. The Kier molecular flexibility index (Phi) is 24.9. The lowest BCUT2D eigenvalue weighted by Crippen LogP contribution is -1.87. The molecule has 0 saturated heterocycles. The molecule has 0 rings (SSSR count). The van der Waals surface area contributed by atoms with Crippen LogP contribution in [-0.4, -0.2) is 0 Å². The summed E-state index contributed by atoms with van der Waals surface area (Å²) in [5, 5.41) is 0. The van der Waals surface area contributed by atoms with E-state index in [4.69, 9.17) is 0 Å². The molecule has 0 aliphatic rings. The quantitative estimate of drug-likeness (QED) is 0.516. The summed E-state index contributed by atoms with van der Waals surface area (Å²) >= 11 is 0. The van der Waals surface area contributed by atoms with Crippen molar-refractivity contribution in [2.24, 2.45) is 5.92 Å². The summed E-state index contributed by atoms with van der Waals surface area (Å²) in [6.07, 6.45) is 9.25. The second-order valence-corrected chi connectivity index (χ2v) is 3.07. The van der Waals surface area contributed by atoms with E-state index in [1.165, 1.54) is 5.57 Å². The van der Waals surface area contributed by atoms with Crippen LogP contribution in [0.3, 0.4) is 0 Å². The van der Waals surface area contributed by atoms with Crippen LogP contribution in [0, 0.1) is 5.92 Å². The van der Waals surface area contributed by atoms with Gasteiger partial charge in [-0.15, -0.1) is 0 Å². The number of hydrogen-bond acceptors (Lipinski definition) is 0. The summed E-state index contributed by atoms with van der Waals surface area (Å²) in [5.41, 5.74) is 1.32. The van der Waals surface area contributed by atoms with Gasteiger partial charge < -0.3 is 0 Å². The van der Waals surface area contributed by atoms with Crippen LogP contribution in [-0.2, 0) is 0 Å². The number of hydrogen-bond donors (Lipinski definition) is 0.